The van der Waals surface area contributed by atoms with Gasteiger partial charge in [0, 0.05) is 29.8 Å². The third-order valence-corrected chi connectivity index (χ3v) is 5.71. The number of nitrogens with one attached hydrogen (secondary N) is 2. The van der Waals surface area contributed by atoms with Gasteiger partial charge in [0.1, 0.15) is 5.82 Å². The molecule has 2 aromatic carbocycles. The minimum absolute atomic E-state index is 0.0921. The van der Waals surface area contributed by atoms with Crippen LogP contribution in [0.2, 0.25) is 0 Å². The summed E-state index contributed by atoms with van der Waals surface area (Å²) in [6.07, 6.45) is 4.48. The molecule has 2 amide bonds. The van der Waals surface area contributed by atoms with Crippen LogP contribution in [0.15, 0.2) is 42.5 Å². The van der Waals surface area contributed by atoms with Crippen LogP contribution < -0.4 is 10.6 Å². The third kappa shape index (κ3) is 4.82. The molecule has 0 spiro atoms. The summed E-state index contributed by atoms with van der Waals surface area (Å²) in [4.78, 5) is 24.5. The maximum absolute atomic E-state index is 12.3. The molecule has 0 fully saturated rings. The van der Waals surface area contributed by atoms with Gasteiger partial charge in [-0.2, -0.15) is 0 Å². The lowest BCUT2D eigenvalue weighted by Crippen LogP contribution is -2.32. The Balaban J connectivity index is 1.35. The molecule has 2 heterocycles. The molecule has 4 rings (SSSR count). The number of carbonyl (C=O) groups excluding carboxylic acids is 2. The number of aromatic nitrogens is 3. The summed E-state index contributed by atoms with van der Waals surface area (Å²) in [6.45, 7) is 4.80. The minimum atomic E-state index is -0.277. The maximum Gasteiger partial charge on any atom is 0.251 e. The van der Waals surface area contributed by atoms with Crippen LogP contribution in [-0.4, -0.2) is 33.1 Å². The molecule has 31 heavy (non-hydrogen) atoms. The Hall–Kier alpha value is -3.48. The van der Waals surface area contributed by atoms with Crippen molar-refractivity contribution in [1.82, 2.24) is 20.1 Å². The molecule has 0 radical (unpaired) electrons. The standard InChI is InChI=1S/C24H27N5O2/c1-16-7-8-19(14-17(16)2)24(31)25-15-22(30)26-20-11-9-18(10-12-20)23-28-27-21-6-4-3-5-13-29(21)23/h7-12,14H,3-6,13,15H2,1-2H3,(H,25,31)(H,26,30). The van der Waals surface area contributed by atoms with Crippen molar-refractivity contribution in [1.29, 1.82) is 0 Å². The molecule has 0 saturated heterocycles. The van der Waals surface area contributed by atoms with Gasteiger partial charge in [0.05, 0.1) is 6.54 Å². The van der Waals surface area contributed by atoms with Crippen molar-refractivity contribution in [3.8, 4) is 11.4 Å². The van der Waals surface area contributed by atoms with Crippen molar-refractivity contribution in [3.05, 3.63) is 65.0 Å². The van der Waals surface area contributed by atoms with Crippen LogP contribution in [-0.2, 0) is 17.8 Å². The normalized spacial score (nSPS) is 13.2. The summed E-state index contributed by atoms with van der Waals surface area (Å²) < 4.78 is 2.20. The number of benzene rings is 2. The summed E-state index contributed by atoms with van der Waals surface area (Å²) in [5.74, 6) is 1.38. The number of hydrogen-bond acceptors (Lipinski definition) is 4. The van der Waals surface area contributed by atoms with Gasteiger partial charge in [-0.15, -0.1) is 10.2 Å². The first kappa shape index (κ1) is 20.8. The van der Waals surface area contributed by atoms with Gasteiger partial charge in [0.15, 0.2) is 5.82 Å². The molecule has 0 bridgehead atoms. The first-order valence-electron chi connectivity index (χ1n) is 10.7. The number of aryl methyl sites for hydroxylation is 3. The SMILES string of the molecule is Cc1ccc(C(=O)NCC(=O)Nc2ccc(-c3nnc4n3CCCCC4)cc2)cc1C. The number of nitrogens with zero attached hydrogens (tertiary/aromatic N) is 3. The summed E-state index contributed by atoms with van der Waals surface area (Å²) >= 11 is 0. The monoisotopic (exact) mass is 417 g/mol. The smallest absolute Gasteiger partial charge is 0.251 e. The van der Waals surface area contributed by atoms with Gasteiger partial charge in [-0.3, -0.25) is 9.59 Å². The minimum Gasteiger partial charge on any atom is -0.343 e. The van der Waals surface area contributed by atoms with E-state index in [1.165, 1.54) is 6.42 Å². The summed E-state index contributed by atoms with van der Waals surface area (Å²) in [6, 6.07) is 13.1. The quantitative estimate of drug-likeness (QED) is 0.663. The van der Waals surface area contributed by atoms with Gasteiger partial charge in [-0.1, -0.05) is 12.5 Å². The van der Waals surface area contributed by atoms with E-state index < -0.39 is 0 Å². The number of carbonyl (C=O) groups is 2. The zero-order chi connectivity index (χ0) is 21.8. The zero-order valence-electron chi connectivity index (χ0n) is 17.9. The number of hydrogen-bond donors (Lipinski definition) is 2. The first-order chi connectivity index (χ1) is 15.0. The average Bonchev–Trinajstić information content (AvgIpc) is 3.02. The van der Waals surface area contributed by atoms with Crippen LogP contribution in [0.3, 0.4) is 0 Å². The molecule has 1 aliphatic heterocycles. The van der Waals surface area contributed by atoms with E-state index in [0.717, 1.165) is 54.1 Å². The number of amides is 2. The Bertz CT molecular complexity index is 1100. The summed E-state index contributed by atoms with van der Waals surface area (Å²) in [7, 11) is 0. The highest BCUT2D eigenvalue weighted by atomic mass is 16.2. The molecular weight excluding hydrogens is 390 g/mol. The van der Waals surface area contributed by atoms with Crippen LogP contribution >= 0.6 is 0 Å². The highest BCUT2D eigenvalue weighted by molar-refractivity contribution is 5.99. The zero-order valence-corrected chi connectivity index (χ0v) is 17.9. The molecule has 2 N–H and O–H groups in total. The lowest BCUT2D eigenvalue weighted by atomic mass is 10.1. The topological polar surface area (TPSA) is 88.9 Å². The fourth-order valence-electron chi connectivity index (χ4n) is 3.75. The van der Waals surface area contributed by atoms with E-state index in [1.54, 1.807) is 6.07 Å². The fourth-order valence-corrected chi connectivity index (χ4v) is 3.75. The molecule has 7 heteroatoms. The Kier molecular flexibility index (Phi) is 6.11. The Morgan fingerprint density at radius 2 is 1.77 bits per heavy atom. The first-order valence-corrected chi connectivity index (χ1v) is 10.7. The number of anilines is 1. The van der Waals surface area contributed by atoms with E-state index in [-0.39, 0.29) is 18.4 Å². The van der Waals surface area contributed by atoms with Crippen molar-refractivity contribution < 1.29 is 9.59 Å². The van der Waals surface area contributed by atoms with Gasteiger partial charge in [0.25, 0.3) is 5.91 Å². The van der Waals surface area contributed by atoms with Gasteiger partial charge in [0.2, 0.25) is 5.91 Å². The molecule has 0 saturated carbocycles. The molecule has 0 aliphatic carbocycles. The lowest BCUT2D eigenvalue weighted by Gasteiger charge is -2.10. The van der Waals surface area contributed by atoms with Gasteiger partial charge >= 0.3 is 0 Å². The summed E-state index contributed by atoms with van der Waals surface area (Å²) in [5, 5.41) is 14.2. The molecule has 7 nitrogen and oxygen atoms in total. The largest absolute Gasteiger partial charge is 0.343 e. The predicted octanol–water partition coefficient (Wildman–Crippen LogP) is 3.66. The van der Waals surface area contributed by atoms with E-state index in [1.807, 2.05) is 50.2 Å². The van der Waals surface area contributed by atoms with Crippen molar-refractivity contribution in [3.63, 3.8) is 0 Å². The second-order valence-corrected chi connectivity index (χ2v) is 8.01. The van der Waals surface area contributed by atoms with Gasteiger partial charge in [-0.25, -0.2) is 0 Å². The molecule has 0 atom stereocenters. The van der Waals surface area contributed by atoms with E-state index in [4.69, 9.17) is 0 Å². The highest BCUT2D eigenvalue weighted by Gasteiger charge is 2.16. The number of fused-ring (bicyclic) bond motifs is 1. The molecule has 160 valence electrons. The van der Waals surface area contributed by atoms with Crippen LogP contribution in [0.25, 0.3) is 11.4 Å². The molecule has 3 aromatic rings. The van der Waals surface area contributed by atoms with Crippen LogP contribution in [0.1, 0.15) is 46.6 Å². The van der Waals surface area contributed by atoms with Gasteiger partial charge < -0.3 is 15.2 Å². The highest BCUT2D eigenvalue weighted by Crippen LogP contribution is 2.24. The van der Waals surface area contributed by atoms with Crippen molar-refractivity contribution in [2.24, 2.45) is 0 Å². The Morgan fingerprint density at radius 1 is 0.968 bits per heavy atom. The second kappa shape index (κ2) is 9.12. The third-order valence-electron chi connectivity index (χ3n) is 5.71. The molecular formula is C24H27N5O2. The van der Waals surface area contributed by atoms with E-state index in [0.29, 0.717) is 11.3 Å². The number of rotatable bonds is 5. The predicted molar refractivity (Wildman–Crippen MR) is 120 cm³/mol. The van der Waals surface area contributed by atoms with Crippen molar-refractivity contribution in [2.75, 3.05) is 11.9 Å². The fraction of sp³-hybridized carbons (Fsp3) is 0.333. The van der Waals surface area contributed by atoms with E-state index >= 15 is 0 Å². The van der Waals surface area contributed by atoms with Crippen LogP contribution in [0.5, 0.6) is 0 Å². The molecule has 0 unspecified atom stereocenters. The van der Waals surface area contributed by atoms with Crippen LogP contribution in [0.4, 0.5) is 5.69 Å². The van der Waals surface area contributed by atoms with Crippen molar-refractivity contribution >= 4 is 17.5 Å². The average molecular weight is 418 g/mol. The lowest BCUT2D eigenvalue weighted by molar-refractivity contribution is -0.115. The maximum atomic E-state index is 12.3. The van der Waals surface area contributed by atoms with E-state index in [9.17, 15) is 9.59 Å². The van der Waals surface area contributed by atoms with Gasteiger partial charge in [-0.05, 0) is 74.2 Å². The Labute approximate surface area is 181 Å². The second-order valence-electron chi connectivity index (χ2n) is 8.01. The molecule has 1 aromatic heterocycles. The Morgan fingerprint density at radius 3 is 2.55 bits per heavy atom. The van der Waals surface area contributed by atoms with Crippen molar-refractivity contribution in [2.45, 2.75) is 46.1 Å². The summed E-state index contributed by atoms with van der Waals surface area (Å²) in [5.41, 5.74) is 4.36. The molecule has 1 aliphatic rings. The van der Waals surface area contributed by atoms with Crippen LogP contribution in [0, 0.1) is 13.8 Å². The van der Waals surface area contributed by atoms with E-state index in [2.05, 4.69) is 25.4 Å².